The molecule has 0 aliphatic heterocycles. The lowest BCUT2D eigenvalue weighted by atomic mass is 10.1. The first-order valence-corrected chi connectivity index (χ1v) is 11.7. The summed E-state index contributed by atoms with van der Waals surface area (Å²) < 4.78 is 28.5. The number of unbranched alkanes of at least 4 members (excludes halogenated alkanes) is 1. The van der Waals surface area contributed by atoms with Gasteiger partial charge in [0.15, 0.2) is 0 Å². The summed E-state index contributed by atoms with van der Waals surface area (Å²) in [5, 5.41) is 16.2. The largest absolute Gasteiger partial charge is 0.369 e. The van der Waals surface area contributed by atoms with Crippen LogP contribution in [0.25, 0.3) is 22.5 Å². The SMILES string of the molecule is CN(C)CCCCNc1ccc(-c2cccc(Cn3nc(-c4cc(F)cc(F)c4)ccc3=O)c2)nn1. The number of nitrogens with one attached hydrogen (secondary N) is 1. The first kappa shape index (κ1) is 25.1. The van der Waals surface area contributed by atoms with Gasteiger partial charge in [-0.25, -0.2) is 13.5 Å². The van der Waals surface area contributed by atoms with E-state index in [4.69, 9.17) is 0 Å². The highest BCUT2D eigenvalue weighted by molar-refractivity contribution is 5.61. The zero-order valence-corrected chi connectivity index (χ0v) is 20.3. The number of nitrogens with zero attached hydrogens (tertiary/aromatic N) is 5. The highest BCUT2D eigenvalue weighted by atomic mass is 19.1. The van der Waals surface area contributed by atoms with Crippen LogP contribution in [0.2, 0.25) is 0 Å². The zero-order chi connectivity index (χ0) is 25.5. The molecular formula is C27H28F2N6O. The summed E-state index contributed by atoms with van der Waals surface area (Å²) in [6.07, 6.45) is 2.16. The van der Waals surface area contributed by atoms with E-state index in [1.165, 1.54) is 28.9 Å². The molecule has 7 nitrogen and oxygen atoms in total. The van der Waals surface area contributed by atoms with Gasteiger partial charge in [0.25, 0.3) is 5.56 Å². The molecular weight excluding hydrogens is 462 g/mol. The second-order valence-corrected chi connectivity index (χ2v) is 8.81. The summed E-state index contributed by atoms with van der Waals surface area (Å²) in [6, 6.07) is 17.3. The van der Waals surface area contributed by atoms with Crippen LogP contribution in [0.15, 0.2) is 71.5 Å². The first-order valence-electron chi connectivity index (χ1n) is 11.7. The lowest BCUT2D eigenvalue weighted by Gasteiger charge is -2.10. The van der Waals surface area contributed by atoms with Gasteiger partial charge in [-0.2, -0.15) is 5.10 Å². The molecule has 4 aromatic rings. The monoisotopic (exact) mass is 490 g/mol. The van der Waals surface area contributed by atoms with E-state index in [2.05, 4.69) is 39.6 Å². The third kappa shape index (κ3) is 6.79. The van der Waals surface area contributed by atoms with E-state index in [0.717, 1.165) is 48.9 Å². The topological polar surface area (TPSA) is 75.9 Å². The average Bonchev–Trinajstić information content (AvgIpc) is 2.85. The van der Waals surface area contributed by atoms with Crippen molar-refractivity contribution in [2.24, 2.45) is 0 Å². The van der Waals surface area contributed by atoms with Crippen molar-refractivity contribution < 1.29 is 8.78 Å². The molecule has 36 heavy (non-hydrogen) atoms. The van der Waals surface area contributed by atoms with Gasteiger partial charge in [-0.15, -0.1) is 10.2 Å². The van der Waals surface area contributed by atoms with Crippen LogP contribution >= 0.6 is 0 Å². The molecule has 2 aromatic carbocycles. The number of rotatable bonds is 10. The van der Waals surface area contributed by atoms with E-state index >= 15 is 0 Å². The summed E-state index contributed by atoms with van der Waals surface area (Å²) in [6.45, 7) is 2.08. The Morgan fingerprint density at radius 3 is 2.36 bits per heavy atom. The molecule has 0 amide bonds. The fourth-order valence-electron chi connectivity index (χ4n) is 3.77. The van der Waals surface area contributed by atoms with Crippen LogP contribution in [0.5, 0.6) is 0 Å². The molecule has 2 heterocycles. The van der Waals surface area contributed by atoms with E-state index in [9.17, 15) is 13.6 Å². The molecule has 0 saturated carbocycles. The van der Waals surface area contributed by atoms with Gasteiger partial charge >= 0.3 is 0 Å². The van der Waals surface area contributed by atoms with Crippen LogP contribution in [0.4, 0.5) is 14.6 Å². The summed E-state index contributed by atoms with van der Waals surface area (Å²) in [4.78, 5) is 14.6. The van der Waals surface area contributed by atoms with E-state index in [0.29, 0.717) is 11.4 Å². The van der Waals surface area contributed by atoms with Crippen molar-refractivity contribution in [2.45, 2.75) is 19.4 Å². The lowest BCUT2D eigenvalue weighted by Crippen LogP contribution is -2.22. The molecule has 2 aromatic heterocycles. The van der Waals surface area contributed by atoms with Gasteiger partial charge in [0, 0.05) is 29.8 Å². The molecule has 1 N–H and O–H groups in total. The summed E-state index contributed by atoms with van der Waals surface area (Å²) in [7, 11) is 4.13. The van der Waals surface area contributed by atoms with Crippen molar-refractivity contribution >= 4 is 5.82 Å². The van der Waals surface area contributed by atoms with Crippen molar-refractivity contribution in [2.75, 3.05) is 32.5 Å². The number of halogens is 2. The van der Waals surface area contributed by atoms with Crippen LogP contribution in [-0.4, -0.2) is 52.1 Å². The van der Waals surface area contributed by atoms with Crippen LogP contribution in [0.3, 0.4) is 0 Å². The molecule has 0 radical (unpaired) electrons. The van der Waals surface area contributed by atoms with Crippen molar-refractivity contribution in [3.05, 3.63) is 94.3 Å². The Morgan fingerprint density at radius 2 is 1.64 bits per heavy atom. The van der Waals surface area contributed by atoms with Gasteiger partial charge in [-0.3, -0.25) is 4.79 Å². The van der Waals surface area contributed by atoms with Crippen LogP contribution in [0.1, 0.15) is 18.4 Å². The Hall–Kier alpha value is -3.98. The minimum absolute atomic E-state index is 0.193. The summed E-state index contributed by atoms with van der Waals surface area (Å²) in [5.74, 6) is -0.686. The number of hydrogen-bond donors (Lipinski definition) is 1. The number of hydrogen-bond acceptors (Lipinski definition) is 6. The number of anilines is 1. The van der Waals surface area contributed by atoms with E-state index in [-0.39, 0.29) is 17.7 Å². The standard InChI is InChI=1S/C27H28F2N6O/c1-34(2)13-4-3-12-30-26-10-8-24(31-32-26)20-7-5-6-19(14-20)18-35-27(36)11-9-25(33-35)21-15-22(28)17-23(29)16-21/h5-11,14-17H,3-4,12-13,18H2,1-2H3,(H,30,32). The van der Waals surface area contributed by atoms with Crippen molar-refractivity contribution in [3.63, 3.8) is 0 Å². The molecule has 0 spiro atoms. The number of aromatic nitrogens is 4. The Kier molecular flexibility index (Phi) is 8.12. The molecule has 9 heteroatoms. The normalized spacial score (nSPS) is 11.1. The fourth-order valence-corrected chi connectivity index (χ4v) is 3.77. The van der Waals surface area contributed by atoms with Gasteiger partial charge in [-0.1, -0.05) is 18.2 Å². The van der Waals surface area contributed by atoms with Gasteiger partial charge < -0.3 is 10.2 Å². The molecule has 0 unspecified atom stereocenters. The molecule has 0 bridgehead atoms. The molecule has 0 aliphatic carbocycles. The van der Waals surface area contributed by atoms with Crippen molar-refractivity contribution in [1.82, 2.24) is 24.9 Å². The predicted octanol–water partition coefficient (Wildman–Crippen LogP) is 4.45. The average molecular weight is 491 g/mol. The second kappa shape index (κ2) is 11.6. The Labute approximate surface area is 208 Å². The van der Waals surface area contributed by atoms with E-state index in [1.54, 1.807) is 0 Å². The van der Waals surface area contributed by atoms with Gasteiger partial charge in [0.2, 0.25) is 0 Å². The zero-order valence-electron chi connectivity index (χ0n) is 20.3. The van der Waals surface area contributed by atoms with Crippen LogP contribution in [-0.2, 0) is 6.54 Å². The molecule has 0 fully saturated rings. The Balaban J connectivity index is 1.46. The summed E-state index contributed by atoms with van der Waals surface area (Å²) >= 11 is 0. The van der Waals surface area contributed by atoms with E-state index in [1.807, 2.05) is 36.4 Å². The highest BCUT2D eigenvalue weighted by Gasteiger charge is 2.09. The van der Waals surface area contributed by atoms with Crippen molar-refractivity contribution in [3.8, 4) is 22.5 Å². The molecule has 4 rings (SSSR count). The van der Waals surface area contributed by atoms with E-state index < -0.39 is 11.6 Å². The van der Waals surface area contributed by atoms with Gasteiger partial charge in [-0.05, 0) is 75.4 Å². The lowest BCUT2D eigenvalue weighted by molar-refractivity contribution is 0.396. The quantitative estimate of drug-likeness (QED) is 0.331. The van der Waals surface area contributed by atoms with Crippen LogP contribution in [0, 0.1) is 11.6 Å². The van der Waals surface area contributed by atoms with Crippen molar-refractivity contribution in [1.29, 1.82) is 0 Å². The van der Waals surface area contributed by atoms with Gasteiger partial charge in [0.1, 0.15) is 17.5 Å². The molecule has 0 saturated heterocycles. The molecule has 186 valence electrons. The third-order valence-corrected chi connectivity index (χ3v) is 5.58. The first-order chi connectivity index (χ1) is 17.4. The maximum absolute atomic E-state index is 13.6. The maximum atomic E-state index is 13.6. The minimum atomic E-state index is -0.705. The molecule has 0 atom stereocenters. The van der Waals surface area contributed by atoms with Gasteiger partial charge in [0.05, 0.1) is 17.9 Å². The third-order valence-electron chi connectivity index (χ3n) is 5.58. The maximum Gasteiger partial charge on any atom is 0.267 e. The fraction of sp³-hybridized carbons (Fsp3) is 0.259. The second-order valence-electron chi connectivity index (χ2n) is 8.81. The Bertz CT molecular complexity index is 1350. The number of benzene rings is 2. The predicted molar refractivity (Wildman–Crippen MR) is 137 cm³/mol. The molecule has 0 aliphatic rings. The smallest absolute Gasteiger partial charge is 0.267 e. The Morgan fingerprint density at radius 1 is 0.861 bits per heavy atom. The highest BCUT2D eigenvalue weighted by Crippen LogP contribution is 2.21. The summed E-state index contributed by atoms with van der Waals surface area (Å²) in [5.41, 5.74) is 2.64. The minimum Gasteiger partial charge on any atom is -0.369 e. The van der Waals surface area contributed by atoms with Crippen LogP contribution < -0.4 is 10.9 Å².